The van der Waals surface area contributed by atoms with E-state index in [0.717, 1.165) is 23.2 Å². The Balaban J connectivity index is 1.74. The van der Waals surface area contributed by atoms with Gasteiger partial charge in [0.25, 0.3) is 0 Å². The number of hydrogen-bond donors (Lipinski definition) is 1. The highest BCUT2D eigenvalue weighted by molar-refractivity contribution is 7.98. The molecule has 2 aromatic heterocycles. The van der Waals surface area contributed by atoms with Crippen molar-refractivity contribution >= 4 is 17.7 Å². The van der Waals surface area contributed by atoms with Crippen molar-refractivity contribution in [2.75, 3.05) is 0 Å². The van der Waals surface area contributed by atoms with Crippen molar-refractivity contribution in [3.8, 4) is 0 Å². The Kier molecular flexibility index (Phi) is 4.60. The minimum Gasteiger partial charge on any atom is -0.370 e. The number of nitrogens with two attached hydrogens (primary N) is 1. The minimum absolute atomic E-state index is 0.191. The van der Waals surface area contributed by atoms with Gasteiger partial charge in [-0.05, 0) is 12.8 Å². The number of primary amides is 1. The lowest BCUT2D eigenvalue weighted by Gasteiger charge is -2.09. The predicted octanol–water partition coefficient (Wildman–Crippen LogP) is 1.91. The van der Waals surface area contributed by atoms with Gasteiger partial charge in [-0.25, -0.2) is 4.98 Å². The molecule has 1 saturated carbocycles. The summed E-state index contributed by atoms with van der Waals surface area (Å²) < 4.78 is 28.3. The monoisotopic (exact) mass is 342 g/mol. The van der Waals surface area contributed by atoms with Crippen LogP contribution >= 0.6 is 11.8 Å². The third-order valence-electron chi connectivity index (χ3n) is 3.56. The quantitative estimate of drug-likeness (QED) is 0.740. The van der Waals surface area contributed by atoms with Crippen molar-refractivity contribution in [3.63, 3.8) is 0 Å². The first kappa shape index (κ1) is 15.9. The third-order valence-corrected chi connectivity index (χ3v) is 4.52. The van der Waals surface area contributed by atoms with Crippen molar-refractivity contribution in [1.82, 2.24) is 24.3 Å². The number of carbonyl (C=O) groups is 1. The maximum absolute atomic E-state index is 12.8. The second kappa shape index (κ2) is 6.65. The van der Waals surface area contributed by atoms with E-state index in [9.17, 15) is 13.6 Å². The molecule has 0 radical (unpaired) electrons. The van der Waals surface area contributed by atoms with Gasteiger partial charge in [0.15, 0.2) is 5.16 Å². The van der Waals surface area contributed by atoms with Crippen LogP contribution in [0.2, 0.25) is 0 Å². The molecule has 0 atom stereocenters. The van der Waals surface area contributed by atoms with Gasteiger partial charge >= 0.3 is 6.55 Å². The van der Waals surface area contributed by atoms with Crippen LogP contribution in [-0.4, -0.2) is 30.2 Å². The first-order valence-corrected chi connectivity index (χ1v) is 8.19. The summed E-state index contributed by atoms with van der Waals surface area (Å²) in [5.41, 5.74) is 5.21. The number of aromatic nitrogens is 5. The summed E-state index contributed by atoms with van der Waals surface area (Å²) in [6, 6.07) is 0. The Hall–Kier alpha value is -1.97. The number of imidazole rings is 1. The average Bonchev–Trinajstić information content (AvgIpc) is 3.09. The number of rotatable bonds is 8. The molecule has 0 aromatic carbocycles. The summed E-state index contributed by atoms with van der Waals surface area (Å²) in [6.07, 6.45) is 4.88. The van der Waals surface area contributed by atoms with Crippen molar-refractivity contribution in [2.24, 2.45) is 5.73 Å². The van der Waals surface area contributed by atoms with Gasteiger partial charge in [0.05, 0.1) is 5.75 Å². The fourth-order valence-corrected chi connectivity index (χ4v) is 3.17. The normalized spacial score (nSPS) is 14.6. The van der Waals surface area contributed by atoms with Gasteiger partial charge in [0.1, 0.15) is 11.6 Å². The zero-order valence-corrected chi connectivity index (χ0v) is 13.0. The molecule has 1 aliphatic rings. The van der Waals surface area contributed by atoms with E-state index < -0.39 is 12.5 Å². The zero-order chi connectivity index (χ0) is 16.4. The molecular formula is C13H16F2N6OS. The topological polar surface area (TPSA) is 91.6 Å². The van der Waals surface area contributed by atoms with Crippen molar-refractivity contribution in [2.45, 2.75) is 49.2 Å². The van der Waals surface area contributed by atoms with Crippen LogP contribution < -0.4 is 5.73 Å². The molecule has 0 unspecified atom stereocenters. The van der Waals surface area contributed by atoms with E-state index in [-0.39, 0.29) is 18.0 Å². The molecule has 0 saturated heterocycles. The van der Waals surface area contributed by atoms with Crippen LogP contribution in [0.1, 0.15) is 43.4 Å². The lowest BCUT2D eigenvalue weighted by molar-refractivity contribution is -0.118. The molecule has 1 amide bonds. The van der Waals surface area contributed by atoms with Gasteiger partial charge in [-0.3, -0.25) is 9.36 Å². The summed E-state index contributed by atoms with van der Waals surface area (Å²) in [7, 11) is 0. The molecule has 3 rings (SSSR count). The number of carbonyl (C=O) groups excluding carboxylic acids is 1. The smallest absolute Gasteiger partial charge is 0.319 e. The van der Waals surface area contributed by atoms with Gasteiger partial charge in [0.2, 0.25) is 5.91 Å². The van der Waals surface area contributed by atoms with Crippen LogP contribution in [0.5, 0.6) is 0 Å². The summed E-state index contributed by atoms with van der Waals surface area (Å²) >= 11 is 1.27. The maximum Gasteiger partial charge on any atom is 0.319 e. The van der Waals surface area contributed by atoms with Crippen molar-refractivity contribution in [1.29, 1.82) is 0 Å². The standard InChI is InChI=1S/C13H16F2N6OS/c14-12(15)20-6-4-17-10(20)7-23-13-19-18-11(8-1-2-8)21(13)5-3-9(16)22/h4,6,8,12H,1-3,5,7H2,(H2,16,22). The number of nitrogens with zero attached hydrogens (tertiary/aromatic N) is 5. The Morgan fingerprint density at radius 3 is 2.87 bits per heavy atom. The van der Waals surface area contributed by atoms with E-state index in [1.807, 2.05) is 4.57 Å². The summed E-state index contributed by atoms with van der Waals surface area (Å²) in [5, 5.41) is 8.90. The number of hydrogen-bond acceptors (Lipinski definition) is 5. The minimum atomic E-state index is -2.62. The Bertz CT molecular complexity index is 696. The molecule has 0 spiro atoms. The van der Waals surface area contributed by atoms with Crippen molar-refractivity contribution in [3.05, 3.63) is 24.0 Å². The molecular weight excluding hydrogens is 326 g/mol. The summed E-state index contributed by atoms with van der Waals surface area (Å²) in [6.45, 7) is -2.22. The Labute approximate surface area is 135 Å². The molecule has 1 fully saturated rings. The number of halogens is 2. The van der Waals surface area contributed by atoms with E-state index in [0.29, 0.717) is 17.6 Å². The fraction of sp³-hybridized carbons (Fsp3) is 0.538. The zero-order valence-electron chi connectivity index (χ0n) is 12.2. The number of thioether (sulfide) groups is 1. The van der Waals surface area contributed by atoms with Gasteiger partial charge < -0.3 is 10.3 Å². The van der Waals surface area contributed by atoms with Gasteiger partial charge in [0, 0.05) is 31.3 Å². The van der Waals surface area contributed by atoms with Crippen LogP contribution in [0.3, 0.4) is 0 Å². The summed E-state index contributed by atoms with van der Waals surface area (Å²) in [5.74, 6) is 1.32. The second-order valence-corrected chi connectivity index (χ2v) is 6.24. The molecule has 124 valence electrons. The number of amides is 1. The van der Waals surface area contributed by atoms with Crippen molar-refractivity contribution < 1.29 is 13.6 Å². The van der Waals surface area contributed by atoms with Crippen LogP contribution in [-0.2, 0) is 17.1 Å². The molecule has 1 aliphatic carbocycles. The average molecular weight is 342 g/mol. The lowest BCUT2D eigenvalue weighted by atomic mass is 10.3. The second-order valence-electron chi connectivity index (χ2n) is 5.30. The van der Waals surface area contributed by atoms with Crippen LogP contribution in [0.15, 0.2) is 17.6 Å². The first-order chi connectivity index (χ1) is 11.1. The molecule has 2 aromatic rings. The van der Waals surface area contributed by atoms with E-state index in [1.54, 1.807) is 0 Å². The van der Waals surface area contributed by atoms with Gasteiger partial charge in [-0.15, -0.1) is 10.2 Å². The molecule has 2 N–H and O–H groups in total. The van der Waals surface area contributed by atoms with Crippen LogP contribution in [0.25, 0.3) is 0 Å². The predicted molar refractivity (Wildman–Crippen MR) is 78.8 cm³/mol. The Morgan fingerprint density at radius 1 is 1.43 bits per heavy atom. The molecule has 10 heteroatoms. The molecule has 23 heavy (non-hydrogen) atoms. The number of alkyl halides is 2. The molecule has 0 bridgehead atoms. The van der Waals surface area contributed by atoms with E-state index in [4.69, 9.17) is 5.73 Å². The SMILES string of the molecule is NC(=O)CCn1c(SCc2nccn2C(F)F)nnc1C1CC1. The fourth-order valence-electron chi connectivity index (χ4n) is 2.25. The molecule has 0 aliphatic heterocycles. The third kappa shape index (κ3) is 3.69. The van der Waals surface area contributed by atoms with Crippen LogP contribution in [0.4, 0.5) is 8.78 Å². The van der Waals surface area contributed by atoms with Gasteiger partial charge in [-0.1, -0.05) is 11.8 Å². The highest BCUT2D eigenvalue weighted by Crippen LogP contribution is 2.40. The van der Waals surface area contributed by atoms with E-state index >= 15 is 0 Å². The van der Waals surface area contributed by atoms with E-state index in [1.165, 1.54) is 24.2 Å². The van der Waals surface area contributed by atoms with Gasteiger partial charge in [-0.2, -0.15) is 8.78 Å². The van der Waals surface area contributed by atoms with Crippen LogP contribution in [0, 0.1) is 0 Å². The van der Waals surface area contributed by atoms with E-state index in [2.05, 4.69) is 15.2 Å². The highest BCUT2D eigenvalue weighted by Gasteiger charge is 2.30. The Morgan fingerprint density at radius 2 is 2.22 bits per heavy atom. The largest absolute Gasteiger partial charge is 0.370 e. The highest BCUT2D eigenvalue weighted by atomic mass is 32.2. The molecule has 7 nitrogen and oxygen atoms in total. The lowest BCUT2D eigenvalue weighted by Crippen LogP contribution is -2.15. The molecule has 2 heterocycles. The summed E-state index contributed by atoms with van der Waals surface area (Å²) in [4.78, 5) is 15.0. The first-order valence-electron chi connectivity index (χ1n) is 7.20. The maximum atomic E-state index is 12.8.